The molecule has 0 aromatic heterocycles. The van der Waals surface area contributed by atoms with E-state index >= 15 is 0 Å². The van der Waals surface area contributed by atoms with Gasteiger partial charge in [-0.1, -0.05) is 78.9 Å². The molecule has 1 heterocycles. The van der Waals surface area contributed by atoms with E-state index in [9.17, 15) is 14.9 Å². The number of nitriles is 1. The third-order valence-electron chi connectivity index (χ3n) is 6.89. The van der Waals surface area contributed by atoms with Crippen LogP contribution >= 0.6 is 0 Å². The van der Waals surface area contributed by atoms with Gasteiger partial charge >= 0.3 is 0 Å². The lowest BCUT2D eigenvalue weighted by atomic mass is 9.81. The molecule has 0 radical (unpaired) electrons. The van der Waals surface area contributed by atoms with Crippen molar-refractivity contribution in [1.82, 2.24) is 4.90 Å². The summed E-state index contributed by atoms with van der Waals surface area (Å²) in [6.07, 6.45) is 4.34. The number of hydrogen-bond donors (Lipinski definition) is 0. The summed E-state index contributed by atoms with van der Waals surface area (Å²) in [4.78, 5) is 28.2. The van der Waals surface area contributed by atoms with Crippen molar-refractivity contribution in [1.29, 1.82) is 5.26 Å². The Labute approximate surface area is 228 Å². The Bertz CT molecular complexity index is 1550. The van der Waals surface area contributed by atoms with Gasteiger partial charge < -0.3 is 4.74 Å². The van der Waals surface area contributed by atoms with Gasteiger partial charge in [-0.15, -0.1) is 0 Å². The standard InChI is InChI=1S/C34H28N2O3/c1-2-39-30-13-7-12-29(22-30)27-15-17-28(18-16-27)33(37)36-32(19-14-24-8-4-3-5-9-24)31(34(36)38)21-25-10-6-11-26(20-25)23-35/h3-20,22,31-32H,2,21H2,1H3/b19-14+/t31-,32-/m1/s1. The van der Waals surface area contributed by atoms with Gasteiger partial charge in [0.2, 0.25) is 5.91 Å². The second-order valence-corrected chi connectivity index (χ2v) is 9.43. The predicted octanol–water partition coefficient (Wildman–Crippen LogP) is 6.55. The molecule has 39 heavy (non-hydrogen) atoms. The molecule has 2 atom stereocenters. The van der Waals surface area contributed by atoms with Gasteiger partial charge in [-0.05, 0) is 72.0 Å². The predicted molar refractivity (Wildman–Crippen MR) is 152 cm³/mol. The Hall–Kier alpha value is -4.95. The first-order valence-electron chi connectivity index (χ1n) is 13.0. The molecule has 1 fully saturated rings. The minimum absolute atomic E-state index is 0.210. The fourth-order valence-electron chi connectivity index (χ4n) is 4.91. The fourth-order valence-corrected chi connectivity index (χ4v) is 4.91. The summed E-state index contributed by atoms with van der Waals surface area (Å²) in [6.45, 7) is 2.53. The van der Waals surface area contributed by atoms with Crippen LogP contribution in [0, 0.1) is 17.2 Å². The highest BCUT2D eigenvalue weighted by molar-refractivity contribution is 6.10. The highest BCUT2D eigenvalue weighted by Crippen LogP contribution is 2.34. The zero-order chi connectivity index (χ0) is 27.2. The summed E-state index contributed by atoms with van der Waals surface area (Å²) >= 11 is 0. The number of benzene rings is 4. The molecule has 1 aliphatic rings. The first kappa shape index (κ1) is 25.7. The molecule has 4 aromatic rings. The Kier molecular flexibility index (Phi) is 7.65. The van der Waals surface area contributed by atoms with E-state index in [4.69, 9.17) is 4.74 Å². The van der Waals surface area contributed by atoms with E-state index in [0.717, 1.165) is 28.0 Å². The van der Waals surface area contributed by atoms with Crippen LogP contribution in [0.25, 0.3) is 17.2 Å². The van der Waals surface area contributed by atoms with Gasteiger partial charge in [0.15, 0.2) is 0 Å². The van der Waals surface area contributed by atoms with Crippen LogP contribution in [-0.4, -0.2) is 29.4 Å². The number of amides is 2. The van der Waals surface area contributed by atoms with Crippen molar-refractivity contribution in [3.8, 4) is 22.9 Å². The number of carbonyl (C=O) groups excluding carboxylic acids is 2. The summed E-state index contributed by atoms with van der Waals surface area (Å²) in [5, 5.41) is 9.27. The quantitative estimate of drug-likeness (QED) is 0.198. The number of nitrogens with zero attached hydrogens (tertiary/aromatic N) is 2. The van der Waals surface area contributed by atoms with Gasteiger partial charge in [-0.2, -0.15) is 5.26 Å². The normalized spacial score (nSPS) is 16.5. The molecule has 1 saturated heterocycles. The van der Waals surface area contributed by atoms with E-state index in [2.05, 4.69) is 6.07 Å². The average Bonchev–Trinajstić information content (AvgIpc) is 2.98. The zero-order valence-corrected chi connectivity index (χ0v) is 21.7. The number of hydrogen-bond acceptors (Lipinski definition) is 4. The number of likely N-dealkylation sites (tertiary alicyclic amines) is 1. The van der Waals surface area contributed by atoms with Gasteiger partial charge in [0.25, 0.3) is 5.91 Å². The molecule has 0 saturated carbocycles. The van der Waals surface area contributed by atoms with Gasteiger partial charge in [0.05, 0.1) is 30.2 Å². The second kappa shape index (κ2) is 11.6. The molecule has 192 valence electrons. The molecule has 4 aromatic carbocycles. The average molecular weight is 513 g/mol. The van der Waals surface area contributed by atoms with Crippen molar-refractivity contribution in [3.63, 3.8) is 0 Å². The summed E-state index contributed by atoms with van der Waals surface area (Å²) in [6, 6.07) is 34.0. The van der Waals surface area contributed by atoms with Crippen LogP contribution in [0.2, 0.25) is 0 Å². The van der Waals surface area contributed by atoms with Gasteiger partial charge in [0.1, 0.15) is 5.75 Å². The molecular weight excluding hydrogens is 484 g/mol. The second-order valence-electron chi connectivity index (χ2n) is 9.43. The van der Waals surface area contributed by atoms with Crippen LogP contribution in [0.5, 0.6) is 5.75 Å². The SMILES string of the molecule is CCOc1cccc(-c2ccc(C(=O)N3C(=O)[C@H](Cc4cccc(C#N)c4)[C@H]3/C=C/c3ccccc3)cc2)c1. The third kappa shape index (κ3) is 5.66. The molecule has 0 bridgehead atoms. The topological polar surface area (TPSA) is 70.4 Å². The van der Waals surface area contributed by atoms with Crippen LogP contribution in [-0.2, 0) is 11.2 Å². The third-order valence-corrected chi connectivity index (χ3v) is 6.89. The Morgan fingerprint density at radius 2 is 1.69 bits per heavy atom. The number of imide groups is 1. The van der Waals surface area contributed by atoms with E-state index in [1.807, 2.05) is 97.9 Å². The lowest BCUT2D eigenvalue weighted by Gasteiger charge is -2.44. The van der Waals surface area contributed by atoms with Crippen LogP contribution in [0.4, 0.5) is 0 Å². The van der Waals surface area contributed by atoms with Crippen molar-refractivity contribution in [2.24, 2.45) is 5.92 Å². The fraction of sp³-hybridized carbons (Fsp3) is 0.147. The van der Waals surface area contributed by atoms with E-state index in [-0.39, 0.29) is 17.7 Å². The van der Waals surface area contributed by atoms with E-state index in [1.54, 1.807) is 24.3 Å². The van der Waals surface area contributed by atoms with Crippen LogP contribution in [0.1, 0.15) is 34.0 Å². The molecule has 0 aliphatic carbocycles. The minimum atomic E-state index is -0.390. The van der Waals surface area contributed by atoms with Gasteiger partial charge in [-0.25, -0.2) is 0 Å². The Morgan fingerprint density at radius 1 is 0.923 bits per heavy atom. The first-order valence-corrected chi connectivity index (χ1v) is 13.0. The van der Waals surface area contributed by atoms with Crippen molar-refractivity contribution in [3.05, 3.63) is 131 Å². The Morgan fingerprint density at radius 3 is 2.44 bits per heavy atom. The zero-order valence-electron chi connectivity index (χ0n) is 21.7. The maximum Gasteiger partial charge on any atom is 0.261 e. The molecule has 0 unspecified atom stereocenters. The van der Waals surface area contributed by atoms with Gasteiger partial charge in [-0.3, -0.25) is 14.5 Å². The molecule has 0 N–H and O–H groups in total. The van der Waals surface area contributed by atoms with Crippen molar-refractivity contribution in [2.45, 2.75) is 19.4 Å². The summed E-state index contributed by atoms with van der Waals surface area (Å²) < 4.78 is 5.61. The first-order chi connectivity index (χ1) is 19.1. The number of rotatable bonds is 8. The van der Waals surface area contributed by atoms with E-state index in [1.165, 1.54) is 4.90 Å². The molecule has 5 nitrogen and oxygen atoms in total. The molecule has 0 spiro atoms. The summed E-state index contributed by atoms with van der Waals surface area (Å²) in [7, 11) is 0. The molecule has 1 aliphatic heterocycles. The largest absolute Gasteiger partial charge is 0.494 e. The van der Waals surface area contributed by atoms with Crippen LogP contribution < -0.4 is 4.74 Å². The van der Waals surface area contributed by atoms with Crippen molar-refractivity contribution >= 4 is 17.9 Å². The number of ether oxygens (including phenoxy) is 1. The van der Waals surface area contributed by atoms with Crippen molar-refractivity contribution < 1.29 is 14.3 Å². The smallest absolute Gasteiger partial charge is 0.261 e. The molecule has 5 heteroatoms. The van der Waals surface area contributed by atoms with E-state index in [0.29, 0.717) is 24.2 Å². The van der Waals surface area contributed by atoms with Gasteiger partial charge in [0, 0.05) is 5.56 Å². The molecule has 5 rings (SSSR count). The minimum Gasteiger partial charge on any atom is -0.494 e. The number of carbonyl (C=O) groups is 2. The highest BCUT2D eigenvalue weighted by Gasteiger charge is 2.49. The maximum absolute atomic E-state index is 13.6. The lowest BCUT2D eigenvalue weighted by Crippen LogP contribution is -2.62. The monoisotopic (exact) mass is 512 g/mol. The van der Waals surface area contributed by atoms with Crippen LogP contribution in [0.15, 0.2) is 109 Å². The summed E-state index contributed by atoms with van der Waals surface area (Å²) in [5.74, 6) is -0.123. The van der Waals surface area contributed by atoms with Crippen molar-refractivity contribution in [2.75, 3.05) is 6.61 Å². The van der Waals surface area contributed by atoms with E-state index < -0.39 is 6.04 Å². The Balaban J connectivity index is 1.39. The molecule has 2 amide bonds. The number of β-lactam (4-membered cyclic amide) rings is 1. The lowest BCUT2D eigenvalue weighted by molar-refractivity contribution is -0.147. The maximum atomic E-state index is 13.6. The van der Waals surface area contributed by atoms with Crippen LogP contribution in [0.3, 0.4) is 0 Å². The highest BCUT2D eigenvalue weighted by atomic mass is 16.5. The summed E-state index contributed by atoms with van der Waals surface area (Å²) in [5.41, 5.74) is 4.85. The molecular formula is C34H28N2O3.